The maximum absolute atomic E-state index is 13.0. The lowest BCUT2D eigenvalue weighted by Gasteiger charge is -2.17. The van der Waals surface area contributed by atoms with Gasteiger partial charge in [0.1, 0.15) is 5.82 Å². The highest BCUT2D eigenvalue weighted by molar-refractivity contribution is 5.87. The summed E-state index contributed by atoms with van der Waals surface area (Å²) in [4.78, 5) is 22.2. The minimum atomic E-state index is -0.987. The topological polar surface area (TPSA) is 98.2 Å². The molecule has 0 heterocycles. The third-order valence-electron chi connectivity index (χ3n) is 2.47. The van der Waals surface area contributed by atoms with Crippen LogP contribution in [-0.4, -0.2) is 17.9 Å². The van der Waals surface area contributed by atoms with E-state index in [1.807, 2.05) is 0 Å². The highest BCUT2D eigenvalue weighted by atomic mass is 19.1. The predicted octanol–water partition coefficient (Wildman–Crippen LogP) is 0.206. The lowest BCUT2D eigenvalue weighted by Crippen LogP contribution is -2.43. The van der Waals surface area contributed by atoms with Crippen LogP contribution in [0.5, 0.6) is 0 Å². The van der Waals surface area contributed by atoms with E-state index in [0.29, 0.717) is 5.56 Å². The molecule has 0 spiro atoms. The van der Waals surface area contributed by atoms with Crippen LogP contribution in [-0.2, 0) is 9.59 Å². The Bertz CT molecular complexity index is 451. The van der Waals surface area contributed by atoms with Gasteiger partial charge in [0.25, 0.3) is 0 Å². The number of carbonyl (C=O) groups excluding carboxylic acids is 2. The highest BCUT2D eigenvalue weighted by Gasteiger charge is 2.18. The fraction of sp³-hybridized carbons (Fsp3) is 0.333. The van der Waals surface area contributed by atoms with E-state index in [9.17, 15) is 14.0 Å². The normalized spacial score (nSPS) is 13.7. The van der Waals surface area contributed by atoms with Crippen molar-refractivity contribution in [3.63, 3.8) is 0 Å². The van der Waals surface area contributed by atoms with Crippen LogP contribution in [0.4, 0.5) is 4.39 Å². The van der Waals surface area contributed by atoms with Gasteiger partial charge < -0.3 is 16.8 Å². The van der Waals surface area contributed by atoms with Gasteiger partial charge >= 0.3 is 0 Å². The summed E-state index contributed by atoms with van der Waals surface area (Å²) in [5.41, 5.74) is 11.1. The number of hydrogen-bond acceptors (Lipinski definition) is 3. The fourth-order valence-electron chi connectivity index (χ4n) is 1.49. The number of amides is 2. The molecule has 0 fully saturated rings. The van der Waals surface area contributed by atoms with E-state index in [1.165, 1.54) is 12.1 Å². The van der Waals surface area contributed by atoms with Gasteiger partial charge in [-0.1, -0.05) is 12.1 Å². The van der Waals surface area contributed by atoms with Crippen molar-refractivity contribution >= 4 is 11.8 Å². The number of nitrogens with one attached hydrogen (secondary N) is 1. The van der Waals surface area contributed by atoms with Gasteiger partial charge in [0.2, 0.25) is 11.8 Å². The Morgan fingerprint density at radius 1 is 1.44 bits per heavy atom. The second-order valence-corrected chi connectivity index (χ2v) is 4.06. The molecule has 98 valence electrons. The van der Waals surface area contributed by atoms with E-state index in [-0.39, 0.29) is 12.2 Å². The predicted molar refractivity (Wildman–Crippen MR) is 64.7 cm³/mol. The van der Waals surface area contributed by atoms with Gasteiger partial charge in [-0.15, -0.1) is 0 Å². The summed E-state index contributed by atoms with van der Waals surface area (Å²) >= 11 is 0. The molecule has 2 amide bonds. The molecule has 5 nitrogen and oxygen atoms in total. The average Bonchev–Trinajstić information content (AvgIpc) is 2.27. The highest BCUT2D eigenvalue weighted by Crippen LogP contribution is 2.13. The van der Waals surface area contributed by atoms with Crippen molar-refractivity contribution in [3.8, 4) is 0 Å². The molecule has 0 aliphatic rings. The maximum atomic E-state index is 13.0. The average molecular weight is 253 g/mol. The Labute approximate surface area is 104 Å². The van der Waals surface area contributed by atoms with E-state index >= 15 is 0 Å². The summed E-state index contributed by atoms with van der Waals surface area (Å²) in [5, 5.41) is 2.59. The number of rotatable bonds is 5. The first-order valence-corrected chi connectivity index (χ1v) is 5.50. The Morgan fingerprint density at radius 2 is 2.11 bits per heavy atom. The van der Waals surface area contributed by atoms with Gasteiger partial charge in [0.05, 0.1) is 18.5 Å². The minimum Gasteiger partial charge on any atom is -0.370 e. The first-order valence-electron chi connectivity index (χ1n) is 5.50. The zero-order valence-electron chi connectivity index (χ0n) is 10.0. The summed E-state index contributed by atoms with van der Waals surface area (Å²) in [7, 11) is 0. The summed E-state index contributed by atoms with van der Waals surface area (Å²) in [6, 6.07) is 4.50. The summed E-state index contributed by atoms with van der Waals surface area (Å²) in [6.45, 7) is 1.70. The van der Waals surface area contributed by atoms with Crippen LogP contribution in [0.25, 0.3) is 0 Å². The van der Waals surface area contributed by atoms with Crippen molar-refractivity contribution < 1.29 is 14.0 Å². The molecule has 6 heteroatoms. The Morgan fingerprint density at radius 3 is 2.67 bits per heavy atom. The molecule has 0 saturated carbocycles. The molecule has 2 atom stereocenters. The molecule has 1 aromatic rings. The molecular weight excluding hydrogens is 237 g/mol. The number of halogens is 1. The van der Waals surface area contributed by atoms with Crippen LogP contribution >= 0.6 is 0 Å². The number of primary amides is 1. The van der Waals surface area contributed by atoms with Crippen molar-refractivity contribution in [2.45, 2.75) is 25.4 Å². The zero-order chi connectivity index (χ0) is 13.7. The van der Waals surface area contributed by atoms with E-state index in [4.69, 9.17) is 11.5 Å². The Kier molecular flexibility index (Phi) is 4.79. The smallest absolute Gasteiger partial charge is 0.237 e. The van der Waals surface area contributed by atoms with Crippen molar-refractivity contribution in [2.24, 2.45) is 11.5 Å². The summed E-state index contributed by atoms with van der Waals surface area (Å²) in [6.07, 6.45) is -0.221. The molecule has 1 aromatic carbocycles. The van der Waals surface area contributed by atoms with Gasteiger partial charge in [0, 0.05) is 0 Å². The van der Waals surface area contributed by atoms with Gasteiger partial charge in [-0.05, 0) is 24.6 Å². The first-order chi connectivity index (χ1) is 8.40. The minimum absolute atomic E-state index is 0.221. The second-order valence-electron chi connectivity index (χ2n) is 4.06. The molecule has 0 radical (unpaired) electrons. The third-order valence-corrected chi connectivity index (χ3v) is 2.47. The van der Waals surface area contributed by atoms with E-state index in [2.05, 4.69) is 5.32 Å². The quantitative estimate of drug-likeness (QED) is 0.699. The van der Waals surface area contributed by atoms with Crippen LogP contribution in [0, 0.1) is 5.82 Å². The van der Waals surface area contributed by atoms with E-state index in [0.717, 1.165) is 0 Å². The van der Waals surface area contributed by atoms with Crippen LogP contribution in [0.3, 0.4) is 0 Å². The van der Waals surface area contributed by atoms with Crippen LogP contribution in [0.1, 0.15) is 24.9 Å². The van der Waals surface area contributed by atoms with Crippen molar-refractivity contribution in [1.82, 2.24) is 5.32 Å². The SMILES string of the molecule is C[C@@H](NC(=O)C(N)CC(N)=O)c1cccc(F)c1. The third kappa shape index (κ3) is 4.14. The van der Waals surface area contributed by atoms with Gasteiger partial charge in [0.15, 0.2) is 0 Å². The molecule has 5 N–H and O–H groups in total. The Hall–Kier alpha value is -1.95. The van der Waals surface area contributed by atoms with Crippen LogP contribution < -0.4 is 16.8 Å². The summed E-state index contributed by atoms with van der Waals surface area (Å²) < 4.78 is 13.0. The largest absolute Gasteiger partial charge is 0.370 e. The molecule has 0 aromatic heterocycles. The molecule has 1 rings (SSSR count). The number of benzene rings is 1. The van der Waals surface area contributed by atoms with Gasteiger partial charge in [-0.3, -0.25) is 9.59 Å². The molecular formula is C12H16FN3O2. The molecule has 0 saturated heterocycles. The standard InChI is InChI=1S/C12H16FN3O2/c1-7(8-3-2-4-9(13)5-8)16-12(18)10(14)6-11(15)17/h2-5,7,10H,6,14H2,1H3,(H2,15,17)(H,16,18)/t7-,10?/m1/s1. The zero-order valence-corrected chi connectivity index (χ0v) is 10.0. The van der Waals surface area contributed by atoms with E-state index < -0.39 is 23.9 Å². The molecule has 0 bridgehead atoms. The lowest BCUT2D eigenvalue weighted by molar-refractivity contribution is -0.126. The van der Waals surface area contributed by atoms with Crippen molar-refractivity contribution in [2.75, 3.05) is 0 Å². The maximum Gasteiger partial charge on any atom is 0.237 e. The lowest BCUT2D eigenvalue weighted by atomic mass is 10.1. The van der Waals surface area contributed by atoms with Gasteiger partial charge in [-0.2, -0.15) is 0 Å². The van der Waals surface area contributed by atoms with Crippen LogP contribution in [0.15, 0.2) is 24.3 Å². The monoisotopic (exact) mass is 253 g/mol. The number of carbonyl (C=O) groups is 2. The van der Waals surface area contributed by atoms with E-state index in [1.54, 1.807) is 19.1 Å². The van der Waals surface area contributed by atoms with Crippen molar-refractivity contribution in [1.29, 1.82) is 0 Å². The number of hydrogen-bond donors (Lipinski definition) is 3. The second kappa shape index (κ2) is 6.11. The molecule has 0 aliphatic carbocycles. The van der Waals surface area contributed by atoms with Gasteiger partial charge in [-0.25, -0.2) is 4.39 Å². The first kappa shape index (κ1) is 14.1. The fourth-order valence-corrected chi connectivity index (χ4v) is 1.49. The molecule has 18 heavy (non-hydrogen) atoms. The molecule has 1 unspecified atom stereocenters. The summed E-state index contributed by atoms with van der Waals surface area (Å²) in [5.74, 6) is -1.52. The van der Waals surface area contributed by atoms with Crippen molar-refractivity contribution in [3.05, 3.63) is 35.6 Å². The number of nitrogens with two attached hydrogens (primary N) is 2. The van der Waals surface area contributed by atoms with Crippen LogP contribution in [0.2, 0.25) is 0 Å². The Balaban J connectivity index is 2.62. The molecule has 0 aliphatic heterocycles.